The molecule has 0 aliphatic carbocycles. The van der Waals surface area contributed by atoms with Gasteiger partial charge in [0.25, 0.3) is 10.0 Å². The molecule has 2 N–H and O–H groups in total. The Balaban J connectivity index is 2.49. The Morgan fingerprint density at radius 2 is 1.90 bits per heavy atom. The van der Waals surface area contributed by atoms with E-state index in [1.54, 1.807) is 6.07 Å². The maximum Gasteiger partial charge on any atom is 0.356 e. The van der Waals surface area contributed by atoms with Crippen LogP contribution >= 0.6 is 0 Å². The first-order valence-corrected chi connectivity index (χ1v) is 7.00. The summed E-state index contributed by atoms with van der Waals surface area (Å²) in [5.74, 6) is -1.38. The van der Waals surface area contributed by atoms with Crippen LogP contribution in [0.5, 0.6) is 0 Å². The van der Waals surface area contributed by atoms with Gasteiger partial charge in [-0.3, -0.25) is 4.72 Å². The lowest BCUT2D eigenvalue weighted by Gasteiger charge is -2.10. The van der Waals surface area contributed by atoms with Gasteiger partial charge in [-0.25, -0.2) is 23.2 Å². The zero-order chi connectivity index (χ0) is 15.5. The topological polar surface area (TPSA) is 133 Å². The molecule has 0 atom stereocenters. The van der Waals surface area contributed by atoms with E-state index in [2.05, 4.69) is 14.7 Å². The second-order valence-electron chi connectivity index (χ2n) is 3.77. The number of sulfonamides is 1. The highest BCUT2D eigenvalue weighted by Crippen LogP contribution is 2.19. The molecule has 0 saturated carbocycles. The Morgan fingerprint density at radius 1 is 1.24 bits per heavy atom. The molecule has 0 unspecified atom stereocenters. The lowest BCUT2D eigenvalue weighted by Crippen LogP contribution is -2.17. The Labute approximate surface area is 119 Å². The number of carboxylic acid groups (broad SMARTS) is 1. The Hall–Kier alpha value is -2.99. The predicted molar refractivity (Wildman–Crippen MR) is 71.0 cm³/mol. The molecule has 0 bridgehead atoms. The van der Waals surface area contributed by atoms with Crippen molar-refractivity contribution >= 4 is 21.7 Å². The lowest BCUT2D eigenvalue weighted by atomic mass is 10.3. The third-order valence-corrected chi connectivity index (χ3v) is 3.82. The van der Waals surface area contributed by atoms with Crippen LogP contribution < -0.4 is 4.72 Å². The molecule has 0 aliphatic heterocycles. The first kappa shape index (κ1) is 14.4. The summed E-state index contributed by atoms with van der Waals surface area (Å²) in [5.41, 5.74) is -0.924. The SMILES string of the molecule is N#Cc1ncccc1S(=O)(=O)Nc1cccnc1C(=O)O. The number of aromatic nitrogens is 2. The van der Waals surface area contributed by atoms with Crippen LogP contribution in [0.15, 0.2) is 41.6 Å². The van der Waals surface area contributed by atoms with Gasteiger partial charge in [-0.2, -0.15) is 5.26 Å². The molecule has 0 spiro atoms. The van der Waals surface area contributed by atoms with E-state index in [1.165, 1.54) is 36.7 Å². The first-order valence-electron chi connectivity index (χ1n) is 5.52. The molecule has 0 radical (unpaired) electrons. The molecule has 2 aromatic heterocycles. The highest BCUT2D eigenvalue weighted by Gasteiger charge is 2.22. The molecule has 0 saturated heterocycles. The minimum atomic E-state index is -4.15. The van der Waals surface area contributed by atoms with Crippen LogP contribution in [0.1, 0.15) is 16.2 Å². The van der Waals surface area contributed by atoms with Crippen molar-refractivity contribution in [2.24, 2.45) is 0 Å². The van der Waals surface area contributed by atoms with Gasteiger partial charge < -0.3 is 5.11 Å². The maximum absolute atomic E-state index is 12.2. The Morgan fingerprint density at radius 3 is 2.57 bits per heavy atom. The van der Waals surface area contributed by atoms with Crippen molar-refractivity contribution in [3.05, 3.63) is 48.0 Å². The number of anilines is 1. The van der Waals surface area contributed by atoms with Crippen LogP contribution in [0.4, 0.5) is 5.69 Å². The summed E-state index contributed by atoms with van der Waals surface area (Å²) >= 11 is 0. The molecule has 2 aromatic rings. The van der Waals surface area contributed by atoms with E-state index in [1.807, 2.05) is 0 Å². The van der Waals surface area contributed by atoms with Crippen LogP contribution in [0.25, 0.3) is 0 Å². The van der Waals surface area contributed by atoms with Crippen LogP contribution in [-0.2, 0) is 10.0 Å². The van der Waals surface area contributed by atoms with Gasteiger partial charge in [0.2, 0.25) is 0 Å². The summed E-state index contributed by atoms with van der Waals surface area (Å²) in [6, 6.07) is 6.87. The minimum absolute atomic E-state index is 0.197. The molecule has 21 heavy (non-hydrogen) atoms. The first-order chi connectivity index (χ1) is 9.95. The van der Waals surface area contributed by atoms with Gasteiger partial charge in [0.1, 0.15) is 11.0 Å². The zero-order valence-corrected chi connectivity index (χ0v) is 11.2. The number of pyridine rings is 2. The van der Waals surface area contributed by atoms with Gasteiger partial charge in [0.05, 0.1) is 5.69 Å². The van der Waals surface area contributed by atoms with E-state index in [-0.39, 0.29) is 16.3 Å². The van der Waals surface area contributed by atoms with Crippen molar-refractivity contribution in [2.75, 3.05) is 4.72 Å². The van der Waals surface area contributed by atoms with Gasteiger partial charge in [-0.05, 0) is 24.3 Å². The third-order valence-electron chi connectivity index (χ3n) is 2.42. The molecule has 0 amide bonds. The van der Waals surface area contributed by atoms with Crippen molar-refractivity contribution in [3.63, 3.8) is 0 Å². The molecule has 2 rings (SSSR count). The fourth-order valence-electron chi connectivity index (χ4n) is 1.55. The maximum atomic E-state index is 12.2. The molecule has 0 fully saturated rings. The van der Waals surface area contributed by atoms with E-state index < -0.39 is 21.7 Å². The number of hydrogen-bond acceptors (Lipinski definition) is 6. The highest BCUT2D eigenvalue weighted by atomic mass is 32.2. The molecular formula is C12H8N4O4S. The quantitative estimate of drug-likeness (QED) is 0.855. The Kier molecular flexibility index (Phi) is 3.82. The van der Waals surface area contributed by atoms with Gasteiger partial charge in [0, 0.05) is 12.4 Å². The van der Waals surface area contributed by atoms with Crippen molar-refractivity contribution in [1.29, 1.82) is 5.26 Å². The number of nitrogens with one attached hydrogen (secondary N) is 1. The predicted octanol–water partition coefficient (Wildman–Crippen LogP) is 0.847. The third kappa shape index (κ3) is 2.96. The van der Waals surface area contributed by atoms with E-state index in [0.717, 1.165) is 0 Å². The average Bonchev–Trinajstić information content (AvgIpc) is 2.47. The lowest BCUT2D eigenvalue weighted by molar-refractivity contribution is 0.0692. The monoisotopic (exact) mass is 304 g/mol. The molecule has 0 aromatic carbocycles. The number of aromatic carboxylic acids is 1. The van der Waals surface area contributed by atoms with Crippen molar-refractivity contribution in [2.45, 2.75) is 4.90 Å². The summed E-state index contributed by atoms with van der Waals surface area (Å²) in [5, 5.41) is 17.9. The molecule has 106 valence electrons. The van der Waals surface area contributed by atoms with E-state index >= 15 is 0 Å². The summed E-state index contributed by atoms with van der Waals surface area (Å²) in [4.78, 5) is 17.9. The standard InChI is InChI=1S/C12H8N4O4S/c13-7-9-10(4-2-5-14-9)21(19,20)16-8-3-1-6-15-11(8)12(17)18/h1-6,16H,(H,17,18). The van der Waals surface area contributed by atoms with Crippen molar-refractivity contribution in [3.8, 4) is 6.07 Å². The van der Waals surface area contributed by atoms with Crippen molar-refractivity contribution in [1.82, 2.24) is 9.97 Å². The number of carboxylic acids is 1. The largest absolute Gasteiger partial charge is 0.476 e. The number of rotatable bonds is 4. The molecule has 0 aliphatic rings. The van der Waals surface area contributed by atoms with Gasteiger partial charge in [0.15, 0.2) is 11.4 Å². The Bertz CT molecular complexity index is 842. The number of nitriles is 1. The van der Waals surface area contributed by atoms with Gasteiger partial charge in [-0.1, -0.05) is 0 Å². The molecule has 8 nitrogen and oxygen atoms in total. The summed E-state index contributed by atoms with van der Waals surface area (Å²) in [6.07, 6.45) is 2.51. The number of hydrogen-bond donors (Lipinski definition) is 2. The molecular weight excluding hydrogens is 296 g/mol. The van der Waals surface area contributed by atoms with Gasteiger partial charge in [-0.15, -0.1) is 0 Å². The average molecular weight is 304 g/mol. The van der Waals surface area contributed by atoms with E-state index in [9.17, 15) is 13.2 Å². The van der Waals surface area contributed by atoms with Crippen molar-refractivity contribution < 1.29 is 18.3 Å². The molecule has 2 heterocycles. The summed E-state index contributed by atoms with van der Waals surface area (Å²) in [6.45, 7) is 0. The number of nitrogens with zero attached hydrogens (tertiary/aromatic N) is 3. The van der Waals surface area contributed by atoms with Crippen LogP contribution in [-0.4, -0.2) is 29.5 Å². The summed E-state index contributed by atoms with van der Waals surface area (Å²) < 4.78 is 26.6. The van der Waals surface area contributed by atoms with E-state index in [4.69, 9.17) is 10.4 Å². The smallest absolute Gasteiger partial charge is 0.356 e. The summed E-state index contributed by atoms with van der Waals surface area (Å²) in [7, 11) is -4.15. The van der Waals surface area contributed by atoms with E-state index in [0.29, 0.717) is 0 Å². The van der Waals surface area contributed by atoms with Gasteiger partial charge >= 0.3 is 5.97 Å². The second-order valence-corrected chi connectivity index (χ2v) is 5.42. The van der Waals surface area contributed by atoms with Crippen LogP contribution in [0.3, 0.4) is 0 Å². The molecule has 9 heteroatoms. The normalized spacial score (nSPS) is 10.6. The highest BCUT2D eigenvalue weighted by molar-refractivity contribution is 7.92. The minimum Gasteiger partial charge on any atom is -0.476 e. The fraction of sp³-hybridized carbons (Fsp3) is 0. The van der Waals surface area contributed by atoms with Crippen LogP contribution in [0.2, 0.25) is 0 Å². The second kappa shape index (κ2) is 5.56. The van der Waals surface area contributed by atoms with Crippen LogP contribution in [0, 0.1) is 11.3 Å². The number of carbonyl (C=O) groups is 1. The fourth-order valence-corrected chi connectivity index (χ4v) is 2.72. The zero-order valence-electron chi connectivity index (χ0n) is 10.4.